The minimum Gasteiger partial charge on any atom is -0.497 e. The van der Waals surface area contributed by atoms with Gasteiger partial charge in [-0.2, -0.15) is 0 Å². The number of ether oxygens (including phenoxy) is 1. The van der Waals surface area contributed by atoms with Gasteiger partial charge in [-0.3, -0.25) is 0 Å². The van der Waals surface area contributed by atoms with Crippen LogP contribution in [-0.2, 0) is 5.75 Å². The normalized spacial score (nSPS) is 10.3. The van der Waals surface area contributed by atoms with Crippen molar-refractivity contribution in [2.45, 2.75) is 10.8 Å². The number of benzene rings is 1. The second kappa shape index (κ2) is 4.94. The Morgan fingerprint density at radius 2 is 2.12 bits per heavy atom. The molecule has 0 radical (unpaired) electrons. The lowest BCUT2D eigenvalue weighted by Crippen LogP contribution is -1.86. The van der Waals surface area contributed by atoms with E-state index < -0.39 is 0 Å². The molecule has 84 valence electrons. The molecule has 2 rings (SSSR count). The topological polar surface area (TPSA) is 63.9 Å². The molecule has 4 nitrogen and oxygen atoms in total. The molecule has 0 atom stereocenters. The van der Waals surface area contributed by atoms with Gasteiger partial charge in [0.2, 0.25) is 0 Å². The summed E-state index contributed by atoms with van der Waals surface area (Å²) in [5.41, 5.74) is 6.72. The molecule has 0 saturated heterocycles. The van der Waals surface area contributed by atoms with E-state index in [0.29, 0.717) is 5.95 Å². The monoisotopic (exact) mass is 235 g/mol. The Labute approximate surface area is 98.2 Å². The molecule has 0 spiro atoms. The van der Waals surface area contributed by atoms with Gasteiger partial charge in [0.05, 0.1) is 18.3 Å². The van der Waals surface area contributed by atoms with Crippen molar-refractivity contribution in [3.63, 3.8) is 0 Å². The molecule has 3 N–H and O–H groups in total. The third-order valence-corrected chi connectivity index (χ3v) is 3.12. The molecule has 0 aliphatic rings. The molecule has 1 aromatic heterocycles. The molecule has 16 heavy (non-hydrogen) atoms. The molecule has 0 fully saturated rings. The maximum Gasteiger partial charge on any atom is 0.198 e. The van der Waals surface area contributed by atoms with E-state index in [4.69, 9.17) is 10.5 Å². The minimum absolute atomic E-state index is 0.456. The van der Waals surface area contributed by atoms with Gasteiger partial charge in [-0.1, -0.05) is 12.1 Å². The fourth-order valence-electron chi connectivity index (χ4n) is 1.28. The lowest BCUT2D eigenvalue weighted by Gasteiger charge is -2.02. The van der Waals surface area contributed by atoms with Gasteiger partial charge in [-0.25, -0.2) is 4.98 Å². The van der Waals surface area contributed by atoms with Crippen LogP contribution in [0.25, 0.3) is 0 Å². The number of thioether (sulfide) groups is 1. The number of anilines is 1. The molecule has 0 aliphatic heterocycles. The first-order chi connectivity index (χ1) is 7.78. The van der Waals surface area contributed by atoms with Crippen LogP contribution in [0.1, 0.15) is 5.56 Å². The largest absolute Gasteiger partial charge is 0.497 e. The van der Waals surface area contributed by atoms with Crippen LogP contribution in [0.5, 0.6) is 5.75 Å². The van der Waals surface area contributed by atoms with Crippen LogP contribution in [0.4, 0.5) is 5.95 Å². The molecule has 0 unspecified atom stereocenters. The maximum absolute atomic E-state index is 5.49. The van der Waals surface area contributed by atoms with Gasteiger partial charge in [0.1, 0.15) is 5.75 Å². The molecule has 2 aromatic rings. The Balaban J connectivity index is 1.94. The fraction of sp³-hybridized carbons (Fsp3) is 0.182. The van der Waals surface area contributed by atoms with Crippen molar-refractivity contribution < 1.29 is 4.74 Å². The average molecular weight is 235 g/mol. The summed E-state index contributed by atoms with van der Waals surface area (Å²) in [6, 6.07) is 8.01. The molecule has 0 aliphatic carbocycles. The standard InChI is InChI=1S/C11H13N3OS/c1-15-9-4-2-8(3-5-9)7-16-10-6-13-11(12)14-10/h2-6H,7H2,1H3,(H3,12,13,14). The van der Waals surface area contributed by atoms with Gasteiger partial charge in [-0.15, -0.1) is 11.8 Å². The second-order valence-electron chi connectivity index (χ2n) is 3.27. The predicted molar refractivity (Wildman–Crippen MR) is 65.6 cm³/mol. The lowest BCUT2D eigenvalue weighted by atomic mass is 10.2. The molecule has 0 bridgehead atoms. The fourth-order valence-corrected chi connectivity index (χ4v) is 2.09. The summed E-state index contributed by atoms with van der Waals surface area (Å²) >= 11 is 1.67. The number of nitrogens with two attached hydrogens (primary N) is 1. The summed E-state index contributed by atoms with van der Waals surface area (Å²) in [4.78, 5) is 6.91. The van der Waals surface area contributed by atoms with Gasteiger partial charge < -0.3 is 15.5 Å². The van der Waals surface area contributed by atoms with Gasteiger partial charge in [0, 0.05) is 5.75 Å². The summed E-state index contributed by atoms with van der Waals surface area (Å²) in [6.45, 7) is 0. The zero-order chi connectivity index (χ0) is 11.4. The number of hydrogen-bond donors (Lipinski definition) is 2. The first-order valence-electron chi connectivity index (χ1n) is 4.84. The number of imidazole rings is 1. The van der Waals surface area contributed by atoms with Crippen LogP contribution in [-0.4, -0.2) is 17.1 Å². The van der Waals surface area contributed by atoms with E-state index in [2.05, 4.69) is 9.97 Å². The zero-order valence-corrected chi connectivity index (χ0v) is 9.75. The number of methoxy groups -OCH3 is 1. The van der Waals surface area contributed by atoms with Crippen molar-refractivity contribution in [2.75, 3.05) is 12.8 Å². The van der Waals surface area contributed by atoms with E-state index in [-0.39, 0.29) is 0 Å². The molecule has 5 heteroatoms. The molecular formula is C11H13N3OS. The first kappa shape index (κ1) is 10.9. The molecular weight excluding hydrogens is 222 g/mol. The Hall–Kier alpha value is -1.62. The highest BCUT2D eigenvalue weighted by Gasteiger charge is 1.99. The zero-order valence-electron chi connectivity index (χ0n) is 8.93. The van der Waals surface area contributed by atoms with E-state index in [1.54, 1.807) is 25.1 Å². The highest BCUT2D eigenvalue weighted by molar-refractivity contribution is 7.98. The Morgan fingerprint density at radius 3 is 2.69 bits per heavy atom. The van der Waals surface area contributed by atoms with Gasteiger partial charge in [-0.05, 0) is 17.7 Å². The number of aromatic nitrogens is 2. The Kier molecular flexibility index (Phi) is 3.36. The number of hydrogen-bond acceptors (Lipinski definition) is 4. The third-order valence-electron chi connectivity index (χ3n) is 2.13. The number of nitrogens with one attached hydrogen (secondary N) is 1. The van der Waals surface area contributed by atoms with Crippen molar-refractivity contribution in [3.8, 4) is 5.75 Å². The number of nitrogens with zero attached hydrogens (tertiary/aromatic N) is 1. The minimum atomic E-state index is 0.456. The summed E-state index contributed by atoms with van der Waals surface area (Å²) in [5, 5.41) is 0.980. The van der Waals surface area contributed by atoms with Crippen molar-refractivity contribution in [1.29, 1.82) is 0 Å². The molecule has 0 saturated carbocycles. The van der Waals surface area contributed by atoms with Crippen LogP contribution in [0.15, 0.2) is 35.5 Å². The first-order valence-corrected chi connectivity index (χ1v) is 5.82. The van der Waals surface area contributed by atoms with Gasteiger partial charge in [0.15, 0.2) is 5.95 Å². The average Bonchev–Trinajstić information content (AvgIpc) is 2.73. The van der Waals surface area contributed by atoms with Crippen LogP contribution in [0.2, 0.25) is 0 Å². The lowest BCUT2D eigenvalue weighted by molar-refractivity contribution is 0.414. The van der Waals surface area contributed by atoms with Crippen molar-refractivity contribution >= 4 is 17.7 Å². The summed E-state index contributed by atoms with van der Waals surface area (Å²) < 4.78 is 5.10. The number of nitrogen functional groups attached to an aromatic ring is 1. The van der Waals surface area contributed by atoms with Gasteiger partial charge >= 0.3 is 0 Å². The SMILES string of the molecule is COc1ccc(CSc2cnc(N)[nH]2)cc1. The highest BCUT2D eigenvalue weighted by Crippen LogP contribution is 2.22. The van der Waals surface area contributed by atoms with Gasteiger partial charge in [0.25, 0.3) is 0 Å². The Bertz CT molecular complexity index is 453. The smallest absolute Gasteiger partial charge is 0.198 e. The molecule has 1 heterocycles. The summed E-state index contributed by atoms with van der Waals surface area (Å²) in [6.07, 6.45) is 1.74. The summed E-state index contributed by atoms with van der Waals surface area (Å²) in [7, 11) is 1.66. The molecule has 1 aromatic carbocycles. The van der Waals surface area contributed by atoms with Crippen molar-refractivity contribution in [3.05, 3.63) is 36.0 Å². The predicted octanol–water partition coefficient (Wildman–Crippen LogP) is 2.29. The van der Waals surface area contributed by atoms with E-state index in [1.165, 1.54) is 5.56 Å². The van der Waals surface area contributed by atoms with E-state index in [0.717, 1.165) is 16.5 Å². The van der Waals surface area contributed by atoms with E-state index >= 15 is 0 Å². The maximum atomic E-state index is 5.49. The van der Waals surface area contributed by atoms with Crippen molar-refractivity contribution in [1.82, 2.24) is 9.97 Å². The van der Waals surface area contributed by atoms with E-state index in [1.807, 2.05) is 24.3 Å². The summed E-state index contributed by atoms with van der Waals surface area (Å²) in [5.74, 6) is 2.21. The second-order valence-corrected chi connectivity index (χ2v) is 4.29. The Morgan fingerprint density at radius 1 is 1.38 bits per heavy atom. The number of aromatic amines is 1. The van der Waals surface area contributed by atoms with Crippen LogP contribution >= 0.6 is 11.8 Å². The van der Waals surface area contributed by atoms with Crippen LogP contribution < -0.4 is 10.5 Å². The van der Waals surface area contributed by atoms with Crippen molar-refractivity contribution in [2.24, 2.45) is 0 Å². The molecule has 0 amide bonds. The number of H-pyrrole nitrogens is 1. The van der Waals surface area contributed by atoms with Crippen LogP contribution in [0.3, 0.4) is 0 Å². The highest BCUT2D eigenvalue weighted by atomic mass is 32.2. The third kappa shape index (κ3) is 2.70. The van der Waals surface area contributed by atoms with E-state index in [9.17, 15) is 0 Å². The quantitative estimate of drug-likeness (QED) is 0.798. The number of rotatable bonds is 4. The van der Waals surface area contributed by atoms with Crippen LogP contribution in [0, 0.1) is 0 Å².